The van der Waals surface area contributed by atoms with Gasteiger partial charge in [-0.3, -0.25) is 4.79 Å². The summed E-state index contributed by atoms with van der Waals surface area (Å²) in [6, 6.07) is 9.39. The van der Waals surface area contributed by atoms with Crippen LogP contribution in [0.1, 0.15) is 27.9 Å². The Kier molecular flexibility index (Phi) is 4.65. The first-order chi connectivity index (χ1) is 9.15. The van der Waals surface area contributed by atoms with Gasteiger partial charge in [0.15, 0.2) is 0 Å². The van der Waals surface area contributed by atoms with E-state index >= 15 is 0 Å². The molecule has 0 saturated carbocycles. The molecule has 0 aliphatic heterocycles. The summed E-state index contributed by atoms with van der Waals surface area (Å²) in [6.07, 6.45) is 2.08. The monoisotopic (exact) mass is 275 g/mol. The first-order valence-electron chi connectivity index (χ1n) is 6.13. The van der Waals surface area contributed by atoms with Crippen LogP contribution in [0.3, 0.4) is 0 Å². The van der Waals surface area contributed by atoms with Gasteiger partial charge in [0.1, 0.15) is 0 Å². The second kappa shape index (κ2) is 6.45. The van der Waals surface area contributed by atoms with E-state index in [0.717, 1.165) is 15.4 Å². The van der Waals surface area contributed by atoms with Gasteiger partial charge in [-0.1, -0.05) is 30.3 Å². The Labute approximate surface area is 116 Å². The smallest absolute Gasteiger partial charge is 0.222 e. The number of rotatable bonds is 5. The van der Waals surface area contributed by atoms with E-state index in [1.807, 2.05) is 37.3 Å². The Morgan fingerprint density at radius 2 is 2.16 bits per heavy atom. The molecule has 2 rings (SSSR count). The minimum Gasteiger partial charge on any atom is -0.351 e. The summed E-state index contributed by atoms with van der Waals surface area (Å²) in [5, 5.41) is 3.87. The van der Waals surface area contributed by atoms with E-state index in [-0.39, 0.29) is 11.9 Å². The summed E-state index contributed by atoms with van der Waals surface area (Å²) in [7, 11) is 0. The summed E-state index contributed by atoms with van der Waals surface area (Å²) in [4.78, 5) is 17.0. The highest BCUT2D eigenvalue weighted by Gasteiger charge is 2.11. The van der Waals surface area contributed by atoms with Gasteiger partial charge in [0.05, 0.1) is 11.6 Å². The van der Waals surface area contributed by atoms with Crippen molar-refractivity contribution in [3.8, 4) is 0 Å². The first-order valence-corrected chi connectivity index (χ1v) is 6.95. The molecule has 0 bridgehead atoms. The summed E-state index contributed by atoms with van der Waals surface area (Å²) >= 11 is 1.59. The fourth-order valence-electron chi connectivity index (χ4n) is 1.76. The molecule has 0 aliphatic carbocycles. The number of benzene rings is 1. The third kappa shape index (κ3) is 4.15. The van der Waals surface area contributed by atoms with Crippen molar-refractivity contribution in [3.63, 3.8) is 0 Å². The zero-order valence-corrected chi connectivity index (χ0v) is 11.6. The number of nitrogens with one attached hydrogen (secondary N) is 1. The molecule has 4 nitrogen and oxygen atoms in total. The topological polar surface area (TPSA) is 68.0 Å². The maximum absolute atomic E-state index is 11.8. The van der Waals surface area contributed by atoms with E-state index in [1.54, 1.807) is 17.5 Å². The minimum atomic E-state index is -0.260. The van der Waals surface area contributed by atoms with Gasteiger partial charge in [-0.05, 0) is 12.5 Å². The fraction of sp³-hybridized carbons (Fsp3) is 0.286. The number of hydrogen-bond acceptors (Lipinski definition) is 4. The molecule has 1 atom stereocenters. The molecule has 1 amide bonds. The van der Waals surface area contributed by atoms with E-state index in [2.05, 4.69) is 10.3 Å². The molecule has 0 saturated heterocycles. The van der Waals surface area contributed by atoms with Crippen LogP contribution in [0.15, 0.2) is 36.5 Å². The van der Waals surface area contributed by atoms with E-state index < -0.39 is 0 Å². The summed E-state index contributed by atoms with van der Waals surface area (Å²) < 4.78 is 0. The van der Waals surface area contributed by atoms with E-state index in [9.17, 15) is 4.79 Å². The Bertz CT molecular complexity index is 539. The molecular formula is C14H17N3OS. The lowest BCUT2D eigenvalue weighted by molar-refractivity contribution is -0.121. The zero-order valence-electron chi connectivity index (χ0n) is 10.8. The number of nitrogens with zero attached hydrogens (tertiary/aromatic N) is 1. The van der Waals surface area contributed by atoms with Gasteiger partial charge in [-0.15, -0.1) is 11.3 Å². The van der Waals surface area contributed by atoms with Crippen molar-refractivity contribution in [2.45, 2.75) is 25.9 Å². The van der Waals surface area contributed by atoms with Gasteiger partial charge in [-0.25, -0.2) is 4.98 Å². The Hall–Kier alpha value is -1.72. The SMILES string of the molecule is Cc1ncc(CNC(=O)CC(N)c2ccccc2)s1. The molecule has 3 N–H and O–H groups in total. The average molecular weight is 275 g/mol. The van der Waals surface area contributed by atoms with Crippen LogP contribution < -0.4 is 11.1 Å². The number of thiazole rings is 1. The second-order valence-corrected chi connectivity index (χ2v) is 5.66. The highest BCUT2D eigenvalue weighted by molar-refractivity contribution is 7.11. The number of aryl methyl sites for hydroxylation is 1. The minimum absolute atomic E-state index is 0.0394. The normalized spacial score (nSPS) is 12.1. The van der Waals surface area contributed by atoms with Gasteiger partial charge < -0.3 is 11.1 Å². The van der Waals surface area contributed by atoms with Crippen LogP contribution in [0.2, 0.25) is 0 Å². The van der Waals surface area contributed by atoms with Crippen LogP contribution in [0.25, 0.3) is 0 Å². The van der Waals surface area contributed by atoms with Gasteiger partial charge >= 0.3 is 0 Å². The lowest BCUT2D eigenvalue weighted by atomic mass is 10.0. The molecule has 0 spiro atoms. The molecule has 100 valence electrons. The standard InChI is InChI=1S/C14H17N3OS/c1-10-16-8-12(19-10)9-17-14(18)7-13(15)11-5-3-2-4-6-11/h2-6,8,13H,7,9,15H2,1H3,(H,17,18). The largest absolute Gasteiger partial charge is 0.351 e. The zero-order chi connectivity index (χ0) is 13.7. The molecule has 19 heavy (non-hydrogen) atoms. The fourth-order valence-corrected chi connectivity index (χ4v) is 2.50. The third-order valence-electron chi connectivity index (χ3n) is 2.76. The molecule has 0 fully saturated rings. The van der Waals surface area contributed by atoms with E-state index in [1.165, 1.54) is 0 Å². The summed E-state index contributed by atoms with van der Waals surface area (Å²) in [6.45, 7) is 2.47. The maximum atomic E-state index is 11.8. The van der Waals surface area contributed by atoms with Crippen LogP contribution in [0.4, 0.5) is 0 Å². The molecule has 1 heterocycles. The number of carbonyl (C=O) groups excluding carboxylic acids is 1. The van der Waals surface area contributed by atoms with Gasteiger partial charge in [0.25, 0.3) is 0 Å². The molecule has 1 aromatic carbocycles. The van der Waals surface area contributed by atoms with Crippen molar-refractivity contribution < 1.29 is 4.79 Å². The second-order valence-electron chi connectivity index (χ2n) is 4.34. The highest BCUT2D eigenvalue weighted by Crippen LogP contribution is 2.14. The average Bonchev–Trinajstić information content (AvgIpc) is 2.83. The lowest BCUT2D eigenvalue weighted by Gasteiger charge is -2.11. The highest BCUT2D eigenvalue weighted by atomic mass is 32.1. The Morgan fingerprint density at radius 3 is 2.79 bits per heavy atom. The van der Waals surface area contributed by atoms with Gasteiger partial charge in [0, 0.05) is 23.5 Å². The first kappa shape index (κ1) is 13.7. The van der Waals surface area contributed by atoms with Crippen molar-refractivity contribution in [3.05, 3.63) is 52.0 Å². The molecule has 2 aromatic rings. The molecule has 0 aliphatic rings. The van der Waals surface area contributed by atoms with Crippen LogP contribution in [-0.2, 0) is 11.3 Å². The number of nitrogens with two attached hydrogens (primary N) is 1. The van der Waals surface area contributed by atoms with Crippen LogP contribution in [0.5, 0.6) is 0 Å². The summed E-state index contributed by atoms with van der Waals surface area (Å²) in [5.41, 5.74) is 6.98. The number of aromatic nitrogens is 1. The Morgan fingerprint density at radius 1 is 1.42 bits per heavy atom. The van der Waals surface area contributed by atoms with E-state index in [4.69, 9.17) is 5.73 Å². The van der Waals surface area contributed by atoms with Crippen LogP contribution in [0, 0.1) is 6.92 Å². The van der Waals surface area contributed by atoms with Gasteiger partial charge in [-0.2, -0.15) is 0 Å². The van der Waals surface area contributed by atoms with Crippen molar-refractivity contribution >= 4 is 17.2 Å². The molecule has 1 unspecified atom stereocenters. The number of amides is 1. The molecule has 0 radical (unpaired) electrons. The Balaban J connectivity index is 1.81. The maximum Gasteiger partial charge on any atom is 0.222 e. The van der Waals surface area contributed by atoms with Crippen LogP contribution >= 0.6 is 11.3 Å². The van der Waals surface area contributed by atoms with Crippen molar-refractivity contribution in [2.75, 3.05) is 0 Å². The molecule has 1 aromatic heterocycles. The predicted octanol–water partition coefficient (Wildman–Crippen LogP) is 2.16. The summed E-state index contributed by atoms with van der Waals surface area (Å²) in [5.74, 6) is -0.0394. The van der Waals surface area contributed by atoms with Crippen LogP contribution in [-0.4, -0.2) is 10.9 Å². The van der Waals surface area contributed by atoms with Crippen molar-refractivity contribution in [1.82, 2.24) is 10.3 Å². The molecular weight excluding hydrogens is 258 g/mol. The quantitative estimate of drug-likeness (QED) is 0.878. The number of hydrogen-bond donors (Lipinski definition) is 2. The van der Waals surface area contributed by atoms with E-state index in [0.29, 0.717) is 13.0 Å². The van der Waals surface area contributed by atoms with Crippen molar-refractivity contribution in [1.29, 1.82) is 0 Å². The number of carbonyl (C=O) groups is 1. The third-order valence-corrected chi connectivity index (χ3v) is 3.67. The lowest BCUT2D eigenvalue weighted by Crippen LogP contribution is -2.26. The predicted molar refractivity (Wildman–Crippen MR) is 76.7 cm³/mol. The van der Waals surface area contributed by atoms with Gasteiger partial charge in [0.2, 0.25) is 5.91 Å². The molecule has 5 heteroatoms. The van der Waals surface area contributed by atoms with Crippen molar-refractivity contribution in [2.24, 2.45) is 5.73 Å².